The van der Waals surface area contributed by atoms with Crippen LogP contribution in [0, 0.1) is 25.7 Å². The molecule has 2 aliphatic rings. The average Bonchev–Trinajstić information content (AvgIpc) is 2.51. The minimum atomic E-state index is -0.0731. The van der Waals surface area contributed by atoms with E-state index in [0.29, 0.717) is 5.92 Å². The van der Waals surface area contributed by atoms with Gasteiger partial charge in [0.05, 0.1) is 0 Å². The normalized spacial score (nSPS) is 31.3. The Kier molecular flexibility index (Phi) is 4.40. The molecule has 2 atom stereocenters. The van der Waals surface area contributed by atoms with E-state index in [0.717, 1.165) is 5.92 Å². The molecule has 0 aliphatic heterocycles. The van der Waals surface area contributed by atoms with Crippen LogP contribution in [0.15, 0.2) is 18.2 Å². The minimum absolute atomic E-state index is 0.0731. The summed E-state index contributed by atoms with van der Waals surface area (Å²) >= 11 is 0. The van der Waals surface area contributed by atoms with Gasteiger partial charge in [0.1, 0.15) is 0 Å². The summed E-state index contributed by atoms with van der Waals surface area (Å²) in [6.07, 6.45) is 12.3. The van der Waals surface area contributed by atoms with Crippen LogP contribution in [0.5, 0.6) is 0 Å². The van der Waals surface area contributed by atoms with Gasteiger partial charge in [-0.05, 0) is 49.7 Å². The molecule has 0 heterocycles. The number of hydrogen-bond donors (Lipinski definition) is 1. The van der Waals surface area contributed by atoms with E-state index in [-0.39, 0.29) is 5.54 Å². The Labute approximate surface area is 130 Å². The summed E-state index contributed by atoms with van der Waals surface area (Å²) in [4.78, 5) is 0. The highest BCUT2D eigenvalue weighted by Crippen LogP contribution is 2.48. The van der Waals surface area contributed by atoms with Gasteiger partial charge in [-0.3, -0.25) is 0 Å². The Balaban J connectivity index is 1.96. The van der Waals surface area contributed by atoms with Crippen LogP contribution in [0.3, 0.4) is 0 Å². The maximum Gasteiger partial charge on any atom is 0.0443 e. The molecule has 0 spiro atoms. The van der Waals surface area contributed by atoms with Crippen molar-refractivity contribution in [2.45, 2.75) is 77.2 Å². The van der Waals surface area contributed by atoms with Crippen molar-refractivity contribution in [2.24, 2.45) is 17.6 Å². The van der Waals surface area contributed by atoms with Gasteiger partial charge in [-0.25, -0.2) is 0 Å². The van der Waals surface area contributed by atoms with Gasteiger partial charge in [-0.1, -0.05) is 68.7 Å². The first-order valence-electron chi connectivity index (χ1n) is 8.98. The van der Waals surface area contributed by atoms with Crippen LogP contribution in [0.4, 0.5) is 0 Å². The number of nitrogens with two attached hydrogens (primary N) is 1. The van der Waals surface area contributed by atoms with Crippen LogP contribution < -0.4 is 5.73 Å². The molecule has 0 bridgehead atoms. The predicted molar refractivity (Wildman–Crippen MR) is 90.3 cm³/mol. The van der Waals surface area contributed by atoms with Crippen molar-refractivity contribution in [3.05, 3.63) is 34.9 Å². The van der Waals surface area contributed by atoms with Crippen molar-refractivity contribution in [3.63, 3.8) is 0 Å². The molecule has 1 aromatic rings. The zero-order chi connectivity index (χ0) is 14.9. The summed E-state index contributed by atoms with van der Waals surface area (Å²) in [6.45, 7) is 4.45. The molecule has 2 fully saturated rings. The number of hydrogen-bond acceptors (Lipinski definition) is 1. The zero-order valence-electron chi connectivity index (χ0n) is 13.8. The zero-order valence-corrected chi connectivity index (χ0v) is 13.8. The third kappa shape index (κ3) is 2.90. The highest BCUT2D eigenvalue weighted by Gasteiger charge is 2.43. The average molecular weight is 285 g/mol. The highest BCUT2D eigenvalue weighted by molar-refractivity contribution is 5.37. The molecular formula is C20H31N. The van der Waals surface area contributed by atoms with Crippen molar-refractivity contribution in [1.82, 2.24) is 0 Å². The van der Waals surface area contributed by atoms with Gasteiger partial charge in [-0.15, -0.1) is 0 Å². The van der Waals surface area contributed by atoms with E-state index in [4.69, 9.17) is 5.73 Å². The van der Waals surface area contributed by atoms with E-state index in [1.807, 2.05) is 0 Å². The third-order valence-electron chi connectivity index (χ3n) is 6.13. The van der Waals surface area contributed by atoms with Crippen molar-refractivity contribution >= 4 is 0 Å². The fourth-order valence-corrected chi connectivity index (χ4v) is 4.99. The van der Waals surface area contributed by atoms with Gasteiger partial charge < -0.3 is 5.73 Å². The maximum atomic E-state index is 7.13. The molecule has 0 aromatic heterocycles. The molecule has 0 saturated heterocycles. The molecule has 1 nitrogen and oxygen atoms in total. The fourth-order valence-electron chi connectivity index (χ4n) is 4.99. The van der Waals surface area contributed by atoms with Gasteiger partial charge in [0.25, 0.3) is 0 Å². The first-order chi connectivity index (χ1) is 10.1. The van der Waals surface area contributed by atoms with Crippen LogP contribution in [-0.4, -0.2) is 0 Å². The molecule has 3 rings (SSSR count). The van der Waals surface area contributed by atoms with E-state index < -0.39 is 0 Å². The summed E-state index contributed by atoms with van der Waals surface area (Å²) < 4.78 is 0. The molecule has 21 heavy (non-hydrogen) atoms. The smallest absolute Gasteiger partial charge is 0.0443 e. The first kappa shape index (κ1) is 15.1. The maximum absolute atomic E-state index is 7.13. The van der Waals surface area contributed by atoms with Gasteiger partial charge in [-0.2, -0.15) is 0 Å². The summed E-state index contributed by atoms with van der Waals surface area (Å²) in [6, 6.07) is 6.86. The summed E-state index contributed by atoms with van der Waals surface area (Å²) in [7, 11) is 0. The number of aryl methyl sites for hydroxylation is 2. The van der Waals surface area contributed by atoms with Crippen molar-refractivity contribution in [1.29, 1.82) is 0 Å². The lowest BCUT2D eigenvalue weighted by molar-refractivity contribution is 0.0981. The monoisotopic (exact) mass is 285 g/mol. The van der Waals surface area contributed by atoms with E-state index in [2.05, 4.69) is 32.0 Å². The van der Waals surface area contributed by atoms with Gasteiger partial charge in [0.15, 0.2) is 0 Å². The molecular weight excluding hydrogens is 254 g/mol. The Morgan fingerprint density at radius 2 is 1.67 bits per heavy atom. The van der Waals surface area contributed by atoms with Crippen LogP contribution in [-0.2, 0) is 5.54 Å². The molecule has 1 aromatic carbocycles. The molecule has 0 amide bonds. The molecule has 116 valence electrons. The van der Waals surface area contributed by atoms with Crippen LogP contribution in [0.2, 0.25) is 0 Å². The lowest BCUT2D eigenvalue weighted by Gasteiger charge is -2.47. The predicted octanol–water partition coefficient (Wildman–Crippen LogP) is 5.23. The van der Waals surface area contributed by atoms with Crippen LogP contribution >= 0.6 is 0 Å². The lowest BCUT2D eigenvalue weighted by Crippen LogP contribution is -2.50. The van der Waals surface area contributed by atoms with E-state index in [1.165, 1.54) is 74.5 Å². The third-order valence-corrected chi connectivity index (χ3v) is 6.13. The van der Waals surface area contributed by atoms with Crippen LogP contribution in [0.1, 0.15) is 74.5 Å². The summed E-state index contributed by atoms with van der Waals surface area (Å²) in [5.41, 5.74) is 11.2. The van der Waals surface area contributed by atoms with Crippen LogP contribution in [0.25, 0.3) is 0 Å². The van der Waals surface area contributed by atoms with Crippen molar-refractivity contribution in [2.75, 3.05) is 0 Å². The molecule has 2 unspecified atom stereocenters. The SMILES string of the molecule is Cc1ccc(C)c(C2(N)CCCCC2C2CCCCC2)c1. The van der Waals surface area contributed by atoms with Gasteiger partial charge >= 0.3 is 0 Å². The largest absolute Gasteiger partial charge is 0.321 e. The fraction of sp³-hybridized carbons (Fsp3) is 0.700. The summed E-state index contributed by atoms with van der Waals surface area (Å²) in [5.74, 6) is 1.57. The van der Waals surface area contributed by atoms with E-state index in [1.54, 1.807) is 0 Å². The Hall–Kier alpha value is -0.820. The second kappa shape index (κ2) is 6.12. The van der Waals surface area contributed by atoms with Gasteiger partial charge in [0.2, 0.25) is 0 Å². The van der Waals surface area contributed by atoms with E-state index >= 15 is 0 Å². The molecule has 1 heteroatoms. The van der Waals surface area contributed by atoms with Crippen molar-refractivity contribution in [3.8, 4) is 0 Å². The standard InChI is InChI=1S/C20H31N/c1-15-11-12-16(2)19(14-15)20(21)13-7-6-10-18(20)17-8-4-3-5-9-17/h11-12,14,17-18H,3-10,13,21H2,1-2H3. The quantitative estimate of drug-likeness (QED) is 0.791. The topological polar surface area (TPSA) is 26.0 Å². The number of benzene rings is 1. The summed E-state index contributed by atoms with van der Waals surface area (Å²) in [5, 5.41) is 0. The first-order valence-corrected chi connectivity index (χ1v) is 8.98. The molecule has 2 N–H and O–H groups in total. The molecule has 2 aliphatic carbocycles. The highest BCUT2D eigenvalue weighted by atomic mass is 14.8. The van der Waals surface area contributed by atoms with E-state index in [9.17, 15) is 0 Å². The number of rotatable bonds is 2. The second-order valence-corrected chi connectivity index (χ2v) is 7.61. The Morgan fingerprint density at radius 1 is 0.952 bits per heavy atom. The Bertz CT molecular complexity index is 487. The van der Waals surface area contributed by atoms with Crippen molar-refractivity contribution < 1.29 is 0 Å². The molecule has 0 radical (unpaired) electrons. The molecule has 2 saturated carbocycles. The van der Waals surface area contributed by atoms with Gasteiger partial charge in [0, 0.05) is 5.54 Å². The minimum Gasteiger partial charge on any atom is -0.321 e. The second-order valence-electron chi connectivity index (χ2n) is 7.61. The Morgan fingerprint density at radius 3 is 2.43 bits per heavy atom. The lowest BCUT2D eigenvalue weighted by atomic mass is 9.61.